The Hall–Kier alpha value is -1.41. The molecule has 0 amide bonds. The molecule has 93 valence electrons. The van der Waals surface area contributed by atoms with Gasteiger partial charge in [-0.25, -0.2) is 0 Å². The number of nitrogens with one attached hydrogen (secondary N) is 2. The number of halogens is 1. The SMILES string of the molecule is [2H]C(=O)c1c[nH]c(Br)c1.[2H]C(=O)c1cc[nH]c1.[B]=NS. The zero-order valence-electron chi connectivity index (χ0n) is 11.1. The van der Waals surface area contributed by atoms with Crippen LogP contribution in [0.5, 0.6) is 0 Å². The van der Waals surface area contributed by atoms with Crippen LogP contribution in [0.2, 0.25) is 0 Å². The first-order chi connectivity index (χ1) is 9.42. The molecule has 8 heteroatoms. The van der Waals surface area contributed by atoms with Crippen molar-refractivity contribution in [2.24, 2.45) is 4.30 Å². The maximum atomic E-state index is 10.3. The Morgan fingerprint density at radius 2 is 2.00 bits per heavy atom. The predicted octanol–water partition coefficient (Wildman–Crippen LogP) is 2.60. The van der Waals surface area contributed by atoms with Gasteiger partial charge in [-0.2, -0.15) is 0 Å². The maximum absolute atomic E-state index is 10.3. The third-order valence-electron chi connectivity index (χ3n) is 1.48. The molecular formula is C10H10BBrN3O2S. The molecule has 1 radical (unpaired) electrons. The van der Waals surface area contributed by atoms with Gasteiger partial charge in [-0.05, 0) is 28.1 Å². The van der Waals surface area contributed by atoms with Crippen molar-refractivity contribution in [3.8, 4) is 0 Å². The van der Waals surface area contributed by atoms with Crippen LogP contribution in [0, 0.1) is 0 Å². The Balaban J connectivity index is 0.000000304. The van der Waals surface area contributed by atoms with Crippen LogP contribution in [0.4, 0.5) is 0 Å². The van der Waals surface area contributed by atoms with Crippen LogP contribution in [0.3, 0.4) is 0 Å². The van der Waals surface area contributed by atoms with Crippen molar-refractivity contribution in [3.63, 3.8) is 0 Å². The summed E-state index contributed by atoms with van der Waals surface area (Å²) in [5.74, 6) is 0. The fourth-order valence-electron chi connectivity index (χ4n) is 0.813. The van der Waals surface area contributed by atoms with Gasteiger partial charge in [0.2, 0.25) is 0 Å². The van der Waals surface area contributed by atoms with E-state index in [1.807, 2.05) is 0 Å². The van der Waals surface area contributed by atoms with Gasteiger partial charge in [-0.15, -0.1) is 0 Å². The number of carbonyl (C=O) groups is 2. The number of aromatic nitrogens is 2. The number of hydrogen-bond donors (Lipinski definition) is 3. The Labute approximate surface area is 122 Å². The Kier molecular flexibility index (Phi) is 7.77. The minimum absolute atomic E-state index is 0.377. The topological polar surface area (TPSA) is 78.1 Å². The molecule has 0 spiro atoms. The first-order valence-electron chi connectivity index (χ1n) is 5.45. The number of carbonyl (C=O) groups excluding carboxylic acids is 2. The Morgan fingerprint density at radius 3 is 2.22 bits per heavy atom. The van der Waals surface area contributed by atoms with Crippen LogP contribution in [-0.4, -0.2) is 30.1 Å². The summed E-state index contributed by atoms with van der Waals surface area (Å²) in [6, 6.07) is 3.13. The van der Waals surface area contributed by atoms with Gasteiger partial charge in [0.05, 0.1) is 4.60 Å². The summed E-state index contributed by atoms with van der Waals surface area (Å²) in [7, 11) is 4.34. The van der Waals surface area contributed by atoms with Gasteiger partial charge in [0.1, 0.15) is 2.74 Å². The average Bonchev–Trinajstić information content (AvgIpc) is 3.00. The van der Waals surface area contributed by atoms with E-state index in [1.54, 1.807) is 18.3 Å². The number of aromatic amines is 2. The molecule has 2 heterocycles. The molecule has 0 aliphatic carbocycles. The van der Waals surface area contributed by atoms with E-state index in [9.17, 15) is 9.59 Å². The number of hydrogen-bond acceptors (Lipinski definition) is 4. The van der Waals surface area contributed by atoms with E-state index in [0.29, 0.717) is 11.1 Å². The molecule has 5 nitrogen and oxygen atoms in total. The van der Waals surface area contributed by atoms with E-state index in [0.717, 1.165) is 4.60 Å². The molecule has 2 aromatic heterocycles. The van der Waals surface area contributed by atoms with Crippen LogP contribution in [-0.2, 0) is 0 Å². The summed E-state index contributed by atoms with van der Waals surface area (Å²) in [4.78, 5) is 25.8. The quantitative estimate of drug-likeness (QED) is 0.450. The summed E-state index contributed by atoms with van der Waals surface area (Å²) in [5, 5.41) is 0. The van der Waals surface area contributed by atoms with Gasteiger partial charge >= 0.3 is 24.8 Å². The summed E-state index contributed by atoms with van der Waals surface area (Å²) in [5.41, 5.74) is 0.784. The summed E-state index contributed by atoms with van der Waals surface area (Å²) in [6.07, 6.45) is 3.28. The fourth-order valence-corrected chi connectivity index (χ4v) is 1.17. The standard InChI is InChI=1S/C5H4BrNO.C5H5NO.BHNS/c6-5-1-4(3-8)2-7-5;7-4-5-1-2-6-3-5;1-2-3/h1-3,7H;1-4,6H;3H/i3D;4D;. The summed E-state index contributed by atoms with van der Waals surface area (Å²) in [6.45, 7) is 0. The zero-order valence-corrected chi connectivity index (χ0v) is 11.5. The second-order valence-corrected chi connectivity index (χ2v) is 3.74. The second kappa shape index (κ2) is 10.7. The molecule has 0 aromatic carbocycles. The van der Waals surface area contributed by atoms with Crippen molar-refractivity contribution in [2.45, 2.75) is 0 Å². The molecule has 0 saturated heterocycles. The van der Waals surface area contributed by atoms with Crippen LogP contribution in [0.15, 0.2) is 39.6 Å². The Morgan fingerprint density at radius 1 is 1.39 bits per heavy atom. The third-order valence-corrected chi connectivity index (χ3v) is 1.94. The monoisotopic (exact) mass is 328 g/mol. The molecule has 0 aliphatic heterocycles. The van der Waals surface area contributed by atoms with E-state index in [1.165, 1.54) is 12.4 Å². The van der Waals surface area contributed by atoms with Crippen LogP contribution >= 0.6 is 28.7 Å². The molecule has 2 rings (SSSR count). The predicted molar refractivity (Wildman–Crippen MR) is 77.2 cm³/mol. The van der Waals surface area contributed by atoms with Gasteiger partial charge < -0.3 is 9.97 Å². The van der Waals surface area contributed by atoms with Crippen molar-refractivity contribution in [3.05, 3.63) is 46.5 Å². The number of thiol groups is 1. The second-order valence-electron chi connectivity index (χ2n) is 2.66. The molecule has 0 bridgehead atoms. The van der Waals surface area contributed by atoms with Crippen molar-refractivity contribution >= 4 is 48.9 Å². The molecular weight excluding hydrogens is 317 g/mol. The minimum atomic E-state index is -0.669. The van der Waals surface area contributed by atoms with E-state index in [2.05, 4.69) is 50.7 Å². The number of nitrogens with zero attached hydrogens (tertiary/aromatic N) is 1. The van der Waals surface area contributed by atoms with Crippen molar-refractivity contribution in [1.82, 2.24) is 9.97 Å². The van der Waals surface area contributed by atoms with Crippen LogP contribution in [0.1, 0.15) is 23.5 Å². The summed E-state index contributed by atoms with van der Waals surface area (Å²) >= 11 is 6.30. The Bertz CT molecular complexity index is 563. The van der Waals surface area contributed by atoms with Crippen LogP contribution < -0.4 is 0 Å². The molecule has 0 atom stereocenters. The number of rotatable bonds is 2. The first kappa shape index (κ1) is 13.0. The third kappa shape index (κ3) is 7.80. The van der Waals surface area contributed by atoms with Gasteiger partial charge in [0.15, 0.2) is 12.5 Å². The molecule has 2 aromatic rings. The van der Waals surface area contributed by atoms with E-state index in [4.69, 9.17) is 2.74 Å². The van der Waals surface area contributed by atoms with Gasteiger partial charge in [0.25, 0.3) is 0 Å². The van der Waals surface area contributed by atoms with Gasteiger partial charge in [0, 0.05) is 29.7 Å². The molecule has 0 saturated carbocycles. The molecule has 2 N–H and O–H groups in total. The van der Waals surface area contributed by atoms with Gasteiger partial charge in [-0.3, -0.25) is 9.59 Å². The average molecular weight is 329 g/mol. The number of H-pyrrole nitrogens is 2. The van der Waals surface area contributed by atoms with Gasteiger partial charge in [-0.1, -0.05) is 0 Å². The van der Waals surface area contributed by atoms with Crippen molar-refractivity contribution in [1.29, 1.82) is 0 Å². The van der Waals surface area contributed by atoms with E-state index < -0.39 is 12.5 Å². The molecule has 0 fully saturated rings. The van der Waals surface area contributed by atoms with E-state index >= 15 is 0 Å². The van der Waals surface area contributed by atoms with Crippen molar-refractivity contribution < 1.29 is 12.3 Å². The van der Waals surface area contributed by atoms with E-state index in [-0.39, 0.29) is 0 Å². The molecule has 0 aliphatic rings. The summed E-state index contributed by atoms with van der Waals surface area (Å²) < 4.78 is 16.6. The van der Waals surface area contributed by atoms with Crippen LogP contribution in [0.25, 0.3) is 0 Å². The fraction of sp³-hybridized carbons (Fsp3) is 0. The normalized spacial score (nSPS) is 9.61. The molecule has 0 unspecified atom stereocenters. The molecule has 18 heavy (non-hydrogen) atoms. The van der Waals surface area contributed by atoms with Crippen molar-refractivity contribution in [2.75, 3.05) is 0 Å². The zero-order chi connectivity index (χ0) is 15.5. The first-order valence-corrected chi connectivity index (χ1v) is 5.64. The number of aldehydes is 2.